The maximum atomic E-state index is 6.13. The smallest absolute Gasteiger partial charge is 0.456 e. The fraction of sp³-hybridized carbons (Fsp3) is 0.333. The van der Waals surface area contributed by atoms with E-state index in [1.165, 1.54) is 0 Å². The first-order valence-corrected chi connectivity index (χ1v) is 8.12. The standard InChI is InChI=1S/C18H18BClO3/c1-17(2)18(3,4)23-19(22-17)11-5-7-15-13(9-11)14-10-12(20)6-8-16(14)21-15/h5-10H,1-4H3. The molecule has 5 heteroatoms. The van der Waals surface area contributed by atoms with Crippen LogP contribution in [0, 0.1) is 0 Å². The van der Waals surface area contributed by atoms with Gasteiger partial charge in [-0.15, -0.1) is 0 Å². The van der Waals surface area contributed by atoms with Gasteiger partial charge in [0.1, 0.15) is 11.2 Å². The highest BCUT2D eigenvalue weighted by Crippen LogP contribution is 2.37. The second kappa shape index (κ2) is 4.76. The molecule has 1 aromatic heterocycles. The lowest BCUT2D eigenvalue weighted by Crippen LogP contribution is -2.41. The van der Waals surface area contributed by atoms with E-state index < -0.39 is 0 Å². The summed E-state index contributed by atoms with van der Waals surface area (Å²) in [5.41, 5.74) is 1.94. The lowest BCUT2D eigenvalue weighted by molar-refractivity contribution is 0.00578. The van der Waals surface area contributed by atoms with E-state index in [1.807, 2.05) is 30.3 Å². The summed E-state index contributed by atoms with van der Waals surface area (Å²) in [4.78, 5) is 0. The minimum Gasteiger partial charge on any atom is -0.456 e. The van der Waals surface area contributed by atoms with Gasteiger partial charge in [0.05, 0.1) is 11.2 Å². The van der Waals surface area contributed by atoms with Crippen LogP contribution < -0.4 is 5.46 Å². The molecule has 0 amide bonds. The minimum absolute atomic E-state index is 0.353. The van der Waals surface area contributed by atoms with Crippen molar-refractivity contribution >= 4 is 46.1 Å². The maximum Gasteiger partial charge on any atom is 0.494 e. The predicted molar refractivity (Wildman–Crippen MR) is 94.4 cm³/mol. The summed E-state index contributed by atoms with van der Waals surface area (Å²) in [6.45, 7) is 8.22. The molecule has 3 aromatic rings. The Bertz CT molecular complexity index is 897. The van der Waals surface area contributed by atoms with Crippen LogP contribution in [0.2, 0.25) is 5.02 Å². The van der Waals surface area contributed by atoms with Crippen LogP contribution in [0.5, 0.6) is 0 Å². The Labute approximate surface area is 140 Å². The van der Waals surface area contributed by atoms with Crippen LogP contribution in [0.3, 0.4) is 0 Å². The Morgan fingerprint density at radius 1 is 0.826 bits per heavy atom. The summed E-state index contributed by atoms with van der Waals surface area (Å²) in [7, 11) is -0.381. The van der Waals surface area contributed by atoms with Crippen LogP contribution in [-0.2, 0) is 9.31 Å². The third-order valence-electron chi connectivity index (χ3n) is 4.98. The lowest BCUT2D eigenvalue weighted by Gasteiger charge is -2.32. The molecule has 0 spiro atoms. The number of rotatable bonds is 1. The van der Waals surface area contributed by atoms with Gasteiger partial charge in [-0.1, -0.05) is 23.7 Å². The number of hydrogen-bond acceptors (Lipinski definition) is 3. The zero-order valence-electron chi connectivity index (χ0n) is 13.6. The molecule has 1 saturated heterocycles. The van der Waals surface area contributed by atoms with Gasteiger partial charge in [0.15, 0.2) is 0 Å². The Morgan fingerprint density at radius 2 is 1.39 bits per heavy atom. The number of benzene rings is 2. The van der Waals surface area contributed by atoms with Crippen molar-refractivity contribution in [3.05, 3.63) is 41.4 Å². The highest BCUT2D eigenvalue weighted by molar-refractivity contribution is 6.62. The van der Waals surface area contributed by atoms with Gasteiger partial charge in [-0.25, -0.2) is 0 Å². The highest BCUT2D eigenvalue weighted by Gasteiger charge is 2.51. The summed E-state index contributed by atoms with van der Waals surface area (Å²) in [6, 6.07) is 11.7. The van der Waals surface area contributed by atoms with Crippen molar-refractivity contribution in [3.63, 3.8) is 0 Å². The molecule has 0 radical (unpaired) electrons. The van der Waals surface area contributed by atoms with E-state index >= 15 is 0 Å². The first kappa shape index (κ1) is 15.1. The largest absolute Gasteiger partial charge is 0.494 e. The zero-order valence-corrected chi connectivity index (χ0v) is 14.4. The van der Waals surface area contributed by atoms with Gasteiger partial charge in [0.25, 0.3) is 0 Å². The highest BCUT2D eigenvalue weighted by atomic mass is 35.5. The average molecular weight is 329 g/mol. The Morgan fingerprint density at radius 3 is 2.04 bits per heavy atom. The molecular weight excluding hydrogens is 310 g/mol. The molecular formula is C18H18BClO3. The Kier molecular flexibility index (Phi) is 3.12. The first-order chi connectivity index (χ1) is 10.8. The number of halogens is 1. The zero-order chi connectivity index (χ0) is 16.4. The topological polar surface area (TPSA) is 31.6 Å². The van der Waals surface area contributed by atoms with Crippen molar-refractivity contribution in [2.24, 2.45) is 0 Å². The van der Waals surface area contributed by atoms with E-state index in [4.69, 9.17) is 25.3 Å². The maximum absolute atomic E-state index is 6.13. The predicted octanol–water partition coefficient (Wildman–Crippen LogP) is 4.54. The van der Waals surface area contributed by atoms with E-state index in [2.05, 4.69) is 33.8 Å². The van der Waals surface area contributed by atoms with Gasteiger partial charge in [-0.05, 0) is 57.4 Å². The second-order valence-corrected chi connectivity index (χ2v) is 7.52. The van der Waals surface area contributed by atoms with Crippen LogP contribution in [0.1, 0.15) is 27.7 Å². The molecule has 0 unspecified atom stereocenters. The summed E-state index contributed by atoms with van der Waals surface area (Å²) in [5.74, 6) is 0. The molecule has 4 rings (SSSR count). The summed E-state index contributed by atoms with van der Waals surface area (Å²) in [5, 5.41) is 2.72. The van der Waals surface area contributed by atoms with Crippen molar-refractivity contribution in [1.29, 1.82) is 0 Å². The van der Waals surface area contributed by atoms with Gasteiger partial charge < -0.3 is 13.7 Å². The summed E-state index contributed by atoms with van der Waals surface area (Å²) >= 11 is 6.13. The van der Waals surface area contributed by atoms with E-state index in [0.29, 0.717) is 5.02 Å². The van der Waals surface area contributed by atoms with Gasteiger partial charge in [-0.2, -0.15) is 0 Å². The quantitative estimate of drug-likeness (QED) is 0.615. The number of furan rings is 1. The van der Waals surface area contributed by atoms with E-state index in [1.54, 1.807) is 0 Å². The van der Waals surface area contributed by atoms with Crippen LogP contribution in [0.15, 0.2) is 40.8 Å². The second-order valence-electron chi connectivity index (χ2n) is 7.09. The van der Waals surface area contributed by atoms with E-state index in [-0.39, 0.29) is 18.3 Å². The fourth-order valence-electron chi connectivity index (χ4n) is 2.89. The van der Waals surface area contributed by atoms with Crippen LogP contribution >= 0.6 is 11.6 Å². The molecule has 1 fully saturated rings. The van der Waals surface area contributed by atoms with Gasteiger partial charge >= 0.3 is 7.12 Å². The number of fused-ring (bicyclic) bond motifs is 3. The molecule has 0 atom stereocenters. The van der Waals surface area contributed by atoms with Gasteiger partial charge in [0.2, 0.25) is 0 Å². The molecule has 0 saturated carbocycles. The fourth-order valence-corrected chi connectivity index (χ4v) is 3.07. The Balaban J connectivity index is 1.83. The molecule has 2 heterocycles. The van der Waals surface area contributed by atoms with Gasteiger partial charge in [-0.3, -0.25) is 0 Å². The monoisotopic (exact) mass is 328 g/mol. The summed E-state index contributed by atoms with van der Waals surface area (Å²) in [6.07, 6.45) is 0. The normalized spacial score (nSPS) is 19.8. The molecule has 0 N–H and O–H groups in total. The van der Waals surface area contributed by atoms with E-state index in [0.717, 1.165) is 27.4 Å². The van der Waals surface area contributed by atoms with Crippen LogP contribution in [0.25, 0.3) is 21.9 Å². The third-order valence-corrected chi connectivity index (χ3v) is 5.22. The molecule has 23 heavy (non-hydrogen) atoms. The summed E-state index contributed by atoms with van der Waals surface area (Å²) < 4.78 is 18.1. The third kappa shape index (κ3) is 2.28. The first-order valence-electron chi connectivity index (χ1n) is 7.74. The molecule has 2 aromatic carbocycles. The Hall–Kier alpha value is -1.49. The van der Waals surface area contributed by atoms with Crippen molar-refractivity contribution in [2.75, 3.05) is 0 Å². The lowest BCUT2D eigenvalue weighted by atomic mass is 9.78. The molecule has 0 aliphatic carbocycles. The SMILES string of the molecule is CC1(C)OB(c2ccc3oc4ccc(Cl)cc4c3c2)OC1(C)C. The van der Waals surface area contributed by atoms with Crippen LogP contribution in [0.4, 0.5) is 0 Å². The van der Waals surface area contributed by atoms with Crippen molar-refractivity contribution in [3.8, 4) is 0 Å². The van der Waals surface area contributed by atoms with Crippen LogP contribution in [-0.4, -0.2) is 18.3 Å². The molecule has 1 aliphatic rings. The molecule has 118 valence electrons. The van der Waals surface area contributed by atoms with Crippen molar-refractivity contribution in [2.45, 2.75) is 38.9 Å². The average Bonchev–Trinajstić information content (AvgIpc) is 2.93. The molecule has 3 nitrogen and oxygen atoms in total. The molecule has 1 aliphatic heterocycles. The number of hydrogen-bond donors (Lipinski definition) is 0. The van der Waals surface area contributed by atoms with Crippen molar-refractivity contribution < 1.29 is 13.7 Å². The van der Waals surface area contributed by atoms with Crippen molar-refractivity contribution in [1.82, 2.24) is 0 Å². The van der Waals surface area contributed by atoms with Gasteiger partial charge in [0, 0.05) is 15.8 Å². The molecule has 0 bridgehead atoms. The van der Waals surface area contributed by atoms with E-state index in [9.17, 15) is 0 Å². The minimum atomic E-state index is -0.381.